The summed E-state index contributed by atoms with van der Waals surface area (Å²) in [6.07, 6.45) is 7.18. The third-order valence-electron chi connectivity index (χ3n) is 2.68. The molecule has 0 aliphatic heterocycles. The number of aromatic nitrogens is 1. The van der Waals surface area contributed by atoms with Gasteiger partial charge in [0.05, 0.1) is 0 Å². The van der Waals surface area contributed by atoms with Crippen molar-refractivity contribution in [1.29, 1.82) is 0 Å². The Balaban J connectivity index is 2.22. The second-order valence-electron chi connectivity index (χ2n) is 4.98. The van der Waals surface area contributed by atoms with E-state index in [0.717, 1.165) is 5.92 Å². The molecule has 0 aromatic carbocycles. The van der Waals surface area contributed by atoms with Gasteiger partial charge in [-0.3, -0.25) is 0 Å². The summed E-state index contributed by atoms with van der Waals surface area (Å²) < 4.78 is 2.26. The van der Waals surface area contributed by atoms with Crippen LogP contribution in [0.1, 0.15) is 45.1 Å². The van der Waals surface area contributed by atoms with E-state index in [1.807, 2.05) is 0 Å². The SMILES string of the molecule is CC(C)(C)[n+]1ccc(C2CC2)cc1. The Labute approximate surface area is 80.4 Å². The molecule has 0 unspecified atom stereocenters. The Morgan fingerprint density at radius 1 is 1.15 bits per heavy atom. The third kappa shape index (κ3) is 1.90. The van der Waals surface area contributed by atoms with Gasteiger partial charge < -0.3 is 0 Å². The van der Waals surface area contributed by atoms with E-state index < -0.39 is 0 Å². The Hall–Kier alpha value is -0.850. The summed E-state index contributed by atoms with van der Waals surface area (Å²) >= 11 is 0. The molecule has 0 spiro atoms. The zero-order chi connectivity index (χ0) is 9.47. The number of pyridine rings is 1. The van der Waals surface area contributed by atoms with E-state index in [1.165, 1.54) is 18.4 Å². The highest BCUT2D eigenvalue weighted by molar-refractivity contribution is 5.18. The lowest BCUT2D eigenvalue weighted by Crippen LogP contribution is -2.49. The fraction of sp³-hybridized carbons (Fsp3) is 0.583. The van der Waals surface area contributed by atoms with E-state index in [9.17, 15) is 0 Å². The average molecular weight is 176 g/mol. The van der Waals surface area contributed by atoms with E-state index in [1.54, 1.807) is 0 Å². The number of nitrogens with zero attached hydrogens (tertiary/aromatic N) is 1. The molecular weight excluding hydrogens is 158 g/mol. The van der Waals surface area contributed by atoms with Crippen molar-refractivity contribution in [3.05, 3.63) is 30.1 Å². The van der Waals surface area contributed by atoms with Gasteiger partial charge in [-0.25, -0.2) is 4.57 Å². The molecule has 13 heavy (non-hydrogen) atoms. The molecule has 1 aliphatic carbocycles. The highest BCUT2D eigenvalue weighted by atomic mass is 15.0. The standard InChI is InChI=1S/C12H18N/c1-12(2,3)13-8-6-11(7-9-13)10-4-5-10/h6-10H,4-5H2,1-3H3/q+1. The van der Waals surface area contributed by atoms with Gasteiger partial charge in [0.2, 0.25) is 0 Å². The second kappa shape index (κ2) is 2.83. The van der Waals surface area contributed by atoms with Crippen molar-refractivity contribution >= 4 is 0 Å². The van der Waals surface area contributed by atoms with Gasteiger partial charge in [-0.1, -0.05) is 0 Å². The van der Waals surface area contributed by atoms with Gasteiger partial charge in [-0.2, -0.15) is 0 Å². The Bertz CT molecular complexity index is 288. The molecule has 70 valence electrons. The molecule has 1 saturated carbocycles. The molecule has 2 rings (SSSR count). The number of rotatable bonds is 1. The third-order valence-corrected chi connectivity index (χ3v) is 2.68. The summed E-state index contributed by atoms with van der Waals surface area (Å²) in [5.74, 6) is 0.870. The van der Waals surface area contributed by atoms with Crippen LogP contribution in [-0.4, -0.2) is 0 Å². The van der Waals surface area contributed by atoms with E-state index in [4.69, 9.17) is 0 Å². The van der Waals surface area contributed by atoms with E-state index in [-0.39, 0.29) is 5.54 Å². The maximum atomic E-state index is 2.27. The minimum atomic E-state index is 0.210. The smallest absolute Gasteiger partial charge is 0.169 e. The lowest BCUT2D eigenvalue weighted by molar-refractivity contribution is -0.754. The minimum absolute atomic E-state index is 0.210. The quantitative estimate of drug-likeness (QED) is 0.579. The molecular formula is C12H18N+. The van der Waals surface area contributed by atoms with Gasteiger partial charge in [0.1, 0.15) is 0 Å². The first-order chi connectivity index (χ1) is 6.07. The maximum absolute atomic E-state index is 2.27. The van der Waals surface area contributed by atoms with Crippen LogP contribution in [0.15, 0.2) is 24.5 Å². The molecule has 0 N–H and O–H groups in total. The predicted molar refractivity (Wildman–Crippen MR) is 53.6 cm³/mol. The Kier molecular flexibility index (Phi) is 1.90. The molecule has 0 bridgehead atoms. The summed E-state index contributed by atoms with van der Waals surface area (Å²) in [6.45, 7) is 6.68. The van der Waals surface area contributed by atoms with Gasteiger partial charge in [0, 0.05) is 32.9 Å². The predicted octanol–water partition coefficient (Wildman–Crippen LogP) is 2.61. The molecule has 0 amide bonds. The van der Waals surface area contributed by atoms with Crippen LogP contribution in [0.25, 0.3) is 0 Å². The van der Waals surface area contributed by atoms with E-state index in [0.29, 0.717) is 0 Å². The fourth-order valence-electron chi connectivity index (χ4n) is 1.57. The van der Waals surface area contributed by atoms with Crippen LogP contribution in [0.5, 0.6) is 0 Å². The maximum Gasteiger partial charge on any atom is 0.169 e. The molecule has 1 aromatic rings. The van der Waals surface area contributed by atoms with Gasteiger partial charge >= 0.3 is 0 Å². The normalized spacial score (nSPS) is 17.5. The highest BCUT2D eigenvalue weighted by Gasteiger charge is 2.26. The molecule has 1 aliphatic rings. The van der Waals surface area contributed by atoms with E-state index >= 15 is 0 Å². The van der Waals surface area contributed by atoms with Crippen molar-refractivity contribution in [3.63, 3.8) is 0 Å². The molecule has 1 heteroatoms. The van der Waals surface area contributed by atoms with Crippen LogP contribution in [0, 0.1) is 0 Å². The van der Waals surface area contributed by atoms with Crippen molar-refractivity contribution in [1.82, 2.24) is 0 Å². The van der Waals surface area contributed by atoms with Crippen LogP contribution in [0.3, 0.4) is 0 Å². The summed E-state index contributed by atoms with van der Waals surface area (Å²) in [6, 6.07) is 4.53. The average Bonchev–Trinajstić information content (AvgIpc) is 2.85. The van der Waals surface area contributed by atoms with Crippen molar-refractivity contribution in [2.45, 2.75) is 45.1 Å². The number of hydrogen-bond donors (Lipinski definition) is 0. The Morgan fingerprint density at radius 2 is 1.69 bits per heavy atom. The summed E-state index contributed by atoms with van der Waals surface area (Å²) in [5, 5.41) is 0. The first kappa shape index (κ1) is 8.74. The van der Waals surface area contributed by atoms with Crippen LogP contribution in [-0.2, 0) is 5.54 Å². The highest BCUT2D eigenvalue weighted by Crippen LogP contribution is 2.39. The van der Waals surface area contributed by atoms with Gasteiger partial charge in [0.25, 0.3) is 0 Å². The molecule has 0 radical (unpaired) electrons. The van der Waals surface area contributed by atoms with Gasteiger partial charge in [-0.15, -0.1) is 0 Å². The first-order valence-corrected chi connectivity index (χ1v) is 5.09. The topological polar surface area (TPSA) is 3.88 Å². The minimum Gasteiger partial charge on any atom is -0.201 e. The van der Waals surface area contributed by atoms with Crippen LogP contribution >= 0.6 is 0 Å². The molecule has 1 heterocycles. The molecule has 1 nitrogen and oxygen atoms in total. The van der Waals surface area contributed by atoms with Gasteiger partial charge in [0.15, 0.2) is 17.9 Å². The lowest BCUT2D eigenvalue weighted by Gasteiger charge is -2.12. The monoisotopic (exact) mass is 176 g/mol. The zero-order valence-corrected chi connectivity index (χ0v) is 8.75. The zero-order valence-electron chi connectivity index (χ0n) is 8.75. The largest absolute Gasteiger partial charge is 0.201 e. The lowest BCUT2D eigenvalue weighted by atomic mass is 10.1. The molecule has 0 atom stereocenters. The van der Waals surface area contributed by atoms with Crippen molar-refractivity contribution in [2.75, 3.05) is 0 Å². The first-order valence-electron chi connectivity index (χ1n) is 5.09. The fourth-order valence-corrected chi connectivity index (χ4v) is 1.57. The summed E-state index contributed by atoms with van der Waals surface area (Å²) in [5.41, 5.74) is 1.72. The Morgan fingerprint density at radius 3 is 2.08 bits per heavy atom. The molecule has 1 fully saturated rings. The van der Waals surface area contributed by atoms with E-state index in [2.05, 4.69) is 49.9 Å². The summed E-state index contributed by atoms with van der Waals surface area (Å²) in [4.78, 5) is 0. The second-order valence-corrected chi connectivity index (χ2v) is 4.98. The van der Waals surface area contributed by atoms with Gasteiger partial charge in [-0.05, 0) is 24.3 Å². The van der Waals surface area contributed by atoms with Crippen LogP contribution in [0.2, 0.25) is 0 Å². The van der Waals surface area contributed by atoms with Crippen LogP contribution in [0.4, 0.5) is 0 Å². The van der Waals surface area contributed by atoms with Crippen molar-refractivity contribution in [2.24, 2.45) is 0 Å². The number of hydrogen-bond acceptors (Lipinski definition) is 0. The molecule has 1 aromatic heterocycles. The van der Waals surface area contributed by atoms with Crippen molar-refractivity contribution in [3.8, 4) is 0 Å². The van der Waals surface area contributed by atoms with Crippen molar-refractivity contribution < 1.29 is 4.57 Å². The summed E-state index contributed by atoms with van der Waals surface area (Å²) in [7, 11) is 0. The molecule has 0 saturated heterocycles. The van der Waals surface area contributed by atoms with Crippen LogP contribution < -0.4 is 4.57 Å².